The smallest absolute Gasteiger partial charge is 0.134 e. The number of fused-ring (bicyclic) bond motifs is 1. The molecule has 1 aromatic carbocycles. The molecule has 116 valence electrons. The largest absolute Gasteiger partial charge is 0.461 e. The lowest BCUT2D eigenvalue weighted by atomic mass is 10.1. The topological polar surface area (TPSA) is 34.4 Å². The van der Waals surface area contributed by atoms with Crippen LogP contribution in [-0.4, -0.2) is 19.3 Å². The summed E-state index contributed by atoms with van der Waals surface area (Å²) in [5.41, 5.74) is 2.31. The van der Waals surface area contributed by atoms with E-state index in [2.05, 4.69) is 44.3 Å². The lowest BCUT2D eigenvalue weighted by Crippen LogP contribution is -2.21. The number of benzene rings is 1. The number of aryl methyl sites for hydroxylation is 1. The number of hydrogen-bond donors (Lipinski definition) is 1. The molecule has 0 unspecified atom stereocenters. The van der Waals surface area contributed by atoms with Gasteiger partial charge in [0.15, 0.2) is 0 Å². The summed E-state index contributed by atoms with van der Waals surface area (Å²) in [5, 5.41) is 4.70. The molecule has 0 amide bonds. The van der Waals surface area contributed by atoms with Gasteiger partial charge >= 0.3 is 0 Å². The molecule has 0 saturated carbocycles. The Morgan fingerprint density at radius 3 is 2.81 bits per heavy atom. The van der Waals surface area contributed by atoms with E-state index in [4.69, 9.17) is 9.15 Å². The highest BCUT2D eigenvalue weighted by atomic mass is 16.5. The highest BCUT2D eigenvalue weighted by Crippen LogP contribution is 2.27. The first-order chi connectivity index (χ1) is 10.2. The normalized spacial score (nSPS) is 11.6. The fraction of sp³-hybridized carbons (Fsp3) is 0.556. The molecule has 3 nitrogen and oxygen atoms in total. The maximum atomic E-state index is 6.03. The van der Waals surface area contributed by atoms with Crippen molar-refractivity contribution in [2.45, 2.75) is 52.7 Å². The number of furan rings is 1. The highest BCUT2D eigenvalue weighted by Gasteiger charge is 2.12. The van der Waals surface area contributed by atoms with Crippen LogP contribution < -0.4 is 5.32 Å². The molecule has 1 N–H and O–H groups in total. The Bertz CT molecular complexity index is 545. The third kappa shape index (κ3) is 4.58. The number of rotatable bonds is 9. The average Bonchev–Trinajstić information content (AvgIpc) is 2.82. The number of para-hydroxylation sites is 1. The molecule has 0 aliphatic heterocycles. The maximum absolute atomic E-state index is 6.03. The van der Waals surface area contributed by atoms with E-state index in [1.165, 1.54) is 23.8 Å². The van der Waals surface area contributed by atoms with Gasteiger partial charge in [0.2, 0.25) is 0 Å². The van der Waals surface area contributed by atoms with Crippen molar-refractivity contribution in [2.24, 2.45) is 0 Å². The summed E-state index contributed by atoms with van der Waals surface area (Å²) in [4.78, 5) is 0. The summed E-state index contributed by atoms with van der Waals surface area (Å²) >= 11 is 0. The van der Waals surface area contributed by atoms with Crippen LogP contribution >= 0.6 is 0 Å². The molecule has 3 heteroatoms. The molecule has 0 radical (unpaired) electrons. The van der Waals surface area contributed by atoms with E-state index in [0.29, 0.717) is 6.10 Å². The molecule has 2 aromatic rings. The third-order valence-electron chi connectivity index (χ3n) is 3.57. The van der Waals surface area contributed by atoms with Crippen molar-refractivity contribution in [1.82, 2.24) is 5.32 Å². The minimum absolute atomic E-state index is 0.293. The molecule has 0 aliphatic carbocycles. The summed E-state index contributed by atoms with van der Waals surface area (Å²) in [6, 6.07) is 8.31. The van der Waals surface area contributed by atoms with Crippen LogP contribution in [0.15, 0.2) is 28.7 Å². The first kappa shape index (κ1) is 16.1. The lowest BCUT2D eigenvalue weighted by Gasteiger charge is -2.09. The number of hydrogen-bond acceptors (Lipinski definition) is 3. The number of unbranched alkanes of at least 4 members (excludes halogenated alkanes) is 1. The van der Waals surface area contributed by atoms with Crippen LogP contribution in [-0.2, 0) is 17.7 Å². The van der Waals surface area contributed by atoms with Gasteiger partial charge in [-0.05, 0) is 26.3 Å². The van der Waals surface area contributed by atoms with Gasteiger partial charge in [-0.3, -0.25) is 0 Å². The second-order valence-corrected chi connectivity index (χ2v) is 5.70. The van der Waals surface area contributed by atoms with Gasteiger partial charge in [-0.1, -0.05) is 31.5 Å². The van der Waals surface area contributed by atoms with E-state index >= 15 is 0 Å². The summed E-state index contributed by atoms with van der Waals surface area (Å²) < 4.78 is 11.6. The standard InChI is InChI=1S/C18H27NO2/c1-4-5-9-18-16(13-19-11-12-20-14(2)3)15-8-6-7-10-17(15)21-18/h6-8,10,14,19H,4-5,9,11-13H2,1-3H3. The first-order valence-electron chi connectivity index (χ1n) is 8.04. The van der Waals surface area contributed by atoms with Gasteiger partial charge in [-0.15, -0.1) is 0 Å². The Balaban J connectivity index is 2.01. The molecule has 1 aromatic heterocycles. The summed E-state index contributed by atoms with van der Waals surface area (Å²) in [5.74, 6) is 1.13. The summed E-state index contributed by atoms with van der Waals surface area (Å²) in [7, 11) is 0. The maximum Gasteiger partial charge on any atom is 0.134 e. The Kier molecular flexibility index (Phi) is 6.27. The van der Waals surface area contributed by atoms with Gasteiger partial charge in [0, 0.05) is 30.5 Å². The van der Waals surface area contributed by atoms with Crippen LogP contribution in [0.5, 0.6) is 0 Å². The van der Waals surface area contributed by atoms with E-state index in [9.17, 15) is 0 Å². The molecule has 0 atom stereocenters. The quantitative estimate of drug-likeness (QED) is 0.699. The molecular formula is C18H27NO2. The second kappa shape index (κ2) is 8.20. The number of ether oxygens (including phenoxy) is 1. The molecule has 21 heavy (non-hydrogen) atoms. The SMILES string of the molecule is CCCCc1oc2ccccc2c1CNCCOC(C)C. The predicted molar refractivity (Wildman–Crippen MR) is 87.6 cm³/mol. The van der Waals surface area contributed by atoms with Crippen LogP contribution in [0.3, 0.4) is 0 Å². The Labute approximate surface area is 127 Å². The van der Waals surface area contributed by atoms with Crippen LogP contribution in [0.25, 0.3) is 11.0 Å². The van der Waals surface area contributed by atoms with Crippen LogP contribution in [0.2, 0.25) is 0 Å². The van der Waals surface area contributed by atoms with E-state index in [-0.39, 0.29) is 0 Å². The van der Waals surface area contributed by atoms with Gasteiger partial charge in [0.25, 0.3) is 0 Å². The van der Waals surface area contributed by atoms with Crippen LogP contribution in [0.4, 0.5) is 0 Å². The Morgan fingerprint density at radius 2 is 2.05 bits per heavy atom. The van der Waals surface area contributed by atoms with E-state index in [1.807, 2.05) is 6.07 Å². The van der Waals surface area contributed by atoms with Crippen molar-refractivity contribution < 1.29 is 9.15 Å². The molecule has 0 bridgehead atoms. The third-order valence-corrected chi connectivity index (χ3v) is 3.57. The second-order valence-electron chi connectivity index (χ2n) is 5.70. The minimum atomic E-state index is 0.293. The molecule has 0 aliphatic rings. The predicted octanol–water partition coefficient (Wildman–Crippen LogP) is 4.29. The minimum Gasteiger partial charge on any atom is -0.461 e. The Hall–Kier alpha value is -1.32. The average molecular weight is 289 g/mol. The molecule has 0 saturated heterocycles. The lowest BCUT2D eigenvalue weighted by molar-refractivity contribution is 0.0807. The monoisotopic (exact) mass is 289 g/mol. The van der Waals surface area contributed by atoms with E-state index in [1.54, 1.807) is 0 Å². The van der Waals surface area contributed by atoms with Gasteiger partial charge in [0.1, 0.15) is 11.3 Å². The van der Waals surface area contributed by atoms with Crippen LogP contribution in [0, 0.1) is 0 Å². The summed E-state index contributed by atoms with van der Waals surface area (Å²) in [6.45, 7) is 8.79. The summed E-state index contributed by atoms with van der Waals surface area (Å²) in [6.07, 6.45) is 3.67. The zero-order valence-corrected chi connectivity index (χ0v) is 13.4. The van der Waals surface area contributed by atoms with Crippen molar-refractivity contribution >= 4 is 11.0 Å². The Morgan fingerprint density at radius 1 is 1.24 bits per heavy atom. The van der Waals surface area contributed by atoms with Crippen molar-refractivity contribution in [3.63, 3.8) is 0 Å². The number of nitrogens with one attached hydrogen (secondary N) is 1. The van der Waals surface area contributed by atoms with E-state index in [0.717, 1.165) is 37.5 Å². The van der Waals surface area contributed by atoms with Gasteiger partial charge in [0.05, 0.1) is 12.7 Å². The van der Waals surface area contributed by atoms with Gasteiger partial charge < -0.3 is 14.5 Å². The molecule has 1 heterocycles. The molecular weight excluding hydrogens is 262 g/mol. The van der Waals surface area contributed by atoms with Crippen molar-refractivity contribution in [3.05, 3.63) is 35.6 Å². The van der Waals surface area contributed by atoms with Crippen molar-refractivity contribution in [2.75, 3.05) is 13.2 Å². The van der Waals surface area contributed by atoms with Crippen molar-refractivity contribution in [1.29, 1.82) is 0 Å². The van der Waals surface area contributed by atoms with Crippen molar-refractivity contribution in [3.8, 4) is 0 Å². The van der Waals surface area contributed by atoms with Gasteiger partial charge in [-0.2, -0.15) is 0 Å². The van der Waals surface area contributed by atoms with Crippen LogP contribution in [0.1, 0.15) is 44.9 Å². The highest BCUT2D eigenvalue weighted by molar-refractivity contribution is 5.82. The molecule has 2 rings (SSSR count). The van der Waals surface area contributed by atoms with Gasteiger partial charge in [-0.25, -0.2) is 0 Å². The molecule has 0 fully saturated rings. The zero-order chi connectivity index (χ0) is 15.1. The molecule has 0 spiro atoms. The fourth-order valence-corrected chi connectivity index (χ4v) is 2.46. The first-order valence-corrected chi connectivity index (χ1v) is 8.04. The van der Waals surface area contributed by atoms with E-state index < -0.39 is 0 Å². The fourth-order valence-electron chi connectivity index (χ4n) is 2.46. The zero-order valence-electron chi connectivity index (χ0n) is 13.4.